The molecule has 3 aromatic rings. The molecule has 0 saturated carbocycles. The summed E-state index contributed by atoms with van der Waals surface area (Å²) < 4.78 is 92.9. The Bertz CT molecular complexity index is 1400. The molecule has 1 fully saturated rings. The average molecular weight is 622 g/mol. The Hall–Kier alpha value is -3.83. The Kier molecular flexibility index (Phi) is 9.80. The largest absolute Gasteiger partial charge is 0.445 e. The summed E-state index contributed by atoms with van der Waals surface area (Å²) in [7, 11) is 0. The number of ether oxygens (including phenoxy) is 2. The minimum Gasteiger partial charge on any atom is -0.445 e. The normalized spacial score (nSPS) is 21.5. The molecule has 4 rings (SSSR count). The number of nitrogens with zero attached hydrogens (tertiary/aromatic N) is 1. The van der Waals surface area contributed by atoms with Gasteiger partial charge in [0.25, 0.3) is 0 Å². The number of likely N-dealkylation sites (tertiary alicyclic amines) is 1. The molecule has 1 unspecified atom stereocenters. The third-order valence-corrected chi connectivity index (χ3v) is 7.89. The van der Waals surface area contributed by atoms with Crippen molar-refractivity contribution >= 4 is 6.09 Å². The number of piperidine rings is 1. The summed E-state index contributed by atoms with van der Waals surface area (Å²) in [5.74, 6) is 0. The molecule has 1 heterocycles. The predicted molar refractivity (Wildman–Crippen MR) is 151 cm³/mol. The molecular formula is C33H33F6NO4. The zero-order valence-electron chi connectivity index (χ0n) is 24.0. The van der Waals surface area contributed by atoms with Crippen LogP contribution >= 0.6 is 0 Å². The van der Waals surface area contributed by atoms with Crippen LogP contribution in [0, 0.1) is 0 Å². The predicted octanol–water partition coefficient (Wildman–Crippen LogP) is 8.44. The number of amides is 1. The lowest BCUT2D eigenvalue weighted by Crippen LogP contribution is -2.62. The Labute approximate surface area is 251 Å². The number of hydrogen-bond donors (Lipinski definition) is 1. The Morgan fingerprint density at radius 2 is 1.52 bits per heavy atom. The van der Waals surface area contributed by atoms with Gasteiger partial charge in [-0.05, 0) is 61.1 Å². The van der Waals surface area contributed by atoms with Crippen molar-refractivity contribution in [2.24, 2.45) is 0 Å². The number of aliphatic hydroxyl groups is 1. The quantitative estimate of drug-likeness (QED) is 0.193. The number of alkyl halides is 6. The summed E-state index contributed by atoms with van der Waals surface area (Å²) in [6, 6.07) is 19.0. The molecule has 0 bridgehead atoms. The van der Waals surface area contributed by atoms with Gasteiger partial charge in [-0.15, -0.1) is 6.58 Å². The van der Waals surface area contributed by atoms with Crippen LogP contribution in [0.4, 0.5) is 31.1 Å². The van der Waals surface area contributed by atoms with Crippen molar-refractivity contribution in [3.8, 4) is 0 Å². The fourth-order valence-corrected chi connectivity index (χ4v) is 5.43. The Morgan fingerprint density at radius 1 is 0.955 bits per heavy atom. The molecule has 1 N–H and O–H groups in total. The monoisotopic (exact) mass is 621 g/mol. The maximum atomic E-state index is 13.7. The third-order valence-electron chi connectivity index (χ3n) is 7.89. The van der Waals surface area contributed by atoms with Crippen molar-refractivity contribution in [2.45, 2.75) is 62.4 Å². The standard InChI is InChI=1S/C33H33F6NO4/c1-3-14-30(42)15-16-31(26-12-8-5-9-13-26,40(21-30)29(41)43-20-24-10-6-4-7-11-24)22-44-23(2)25-17-27(32(34,35)36)19-28(18-25)33(37,38)39/h3-13,17-19,23,42H,1,14-16,20-22H2,2H3/t23-,30?,31-/m1/s1. The van der Waals surface area contributed by atoms with Gasteiger partial charge >= 0.3 is 18.4 Å². The van der Waals surface area contributed by atoms with Gasteiger partial charge in [-0.2, -0.15) is 26.3 Å². The van der Waals surface area contributed by atoms with Crippen LogP contribution in [0.5, 0.6) is 0 Å². The van der Waals surface area contributed by atoms with Gasteiger partial charge < -0.3 is 14.6 Å². The summed E-state index contributed by atoms with van der Waals surface area (Å²) in [4.78, 5) is 15.1. The van der Waals surface area contributed by atoms with Crippen molar-refractivity contribution in [2.75, 3.05) is 13.2 Å². The van der Waals surface area contributed by atoms with Crippen molar-refractivity contribution < 1.29 is 45.7 Å². The first kappa shape index (κ1) is 33.1. The minimum atomic E-state index is -5.01. The first-order chi connectivity index (χ1) is 20.7. The van der Waals surface area contributed by atoms with E-state index >= 15 is 0 Å². The molecule has 1 aliphatic heterocycles. The van der Waals surface area contributed by atoms with E-state index in [-0.39, 0.29) is 50.7 Å². The lowest BCUT2D eigenvalue weighted by Gasteiger charge is -2.51. The molecule has 11 heteroatoms. The van der Waals surface area contributed by atoms with E-state index in [1.165, 1.54) is 17.9 Å². The Balaban J connectivity index is 1.71. The second-order valence-electron chi connectivity index (χ2n) is 11.0. The average Bonchev–Trinajstić information content (AvgIpc) is 2.99. The van der Waals surface area contributed by atoms with E-state index in [9.17, 15) is 36.2 Å². The molecule has 236 valence electrons. The molecule has 5 nitrogen and oxygen atoms in total. The lowest BCUT2D eigenvalue weighted by molar-refractivity contribution is -0.143. The lowest BCUT2D eigenvalue weighted by atomic mass is 9.75. The number of benzene rings is 3. The van der Waals surface area contributed by atoms with E-state index in [0.29, 0.717) is 17.7 Å². The number of hydrogen-bond acceptors (Lipinski definition) is 4. The SMILES string of the molecule is C=CCC1(O)CC[C@@](CO[C@H](C)c2cc(C(F)(F)F)cc(C(F)(F)F)c2)(c2ccccc2)N(C(=O)OCc2ccccc2)C1. The first-order valence-corrected chi connectivity index (χ1v) is 13.9. The molecule has 0 aliphatic carbocycles. The molecule has 0 spiro atoms. The fourth-order valence-electron chi connectivity index (χ4n) is 5.43. The van der Waals surface area contributed by atoms with E-state index in [4.69, 9.17) is 9.47 Å². The molecule has 1 aliphatic rings. The third kappa shape index (κ3) is 7.62. The van der Waals surface area contributed by atoms with Crippen molar-refractivity contribution in [3.63, 3.8) is 0 Å². The van der Waals surface area contributed by atoms with Crippen LogP contribution in [-0.4, -0.2) is 34.9 Å². The number of halogens is 6. The number of rotatable bonds is 9. The second kappa shape index (κ2) is 13.0. The van der Waals surface area contributed by atoms with Crippen LogP contribution in [0.2, 0.25) is 0 Å². The molecular weight excluding hydrogens is 588 g/mol. The number of carbonyl (C=O) groups excluding carboxylic acids is 1. The number of β-amino-alcohol motifs (C(OH)–C–C–N with tert-alkyl or cyclic N) is 1. The molecule has 3 atom stereocenters. The van der Waals surface area contributed by atoms with E-state index in [2.05, 4.69) is 6.58 Å². The highest BCUT2D eigenvalue weighted by Crippen LogP contribution is 2.44. The van der Waals surface area contributed by atoms with Crippen LogP contribution < -0.4 is 0 Å². The highest BCUT2D eigenvalue weighted by atomic mass is 19.4. The van der Waals surface area contributed by atoms with Crippen molar-refractivity contribution in [1.29, 1.82) is 0 Å². The van der Waals surface area contributed by atoms with Gasteiger partial charge in [0.15, 0.2) is 0 Å². The maximum absolute atomic E-state index is 13.7. The second-order valence-corrected chi connectivity index (χ2v) is 11.0. The van der Waals surface area contributed by atoms with Crippen molar-refractivity contribution in [3.05, 3.63) is 119 Å². The highest BCUT2D eigenvalue weighted by molar-refractivity contribution is 5.70. The topological polar surface area (TPSA) is 59.0 Å². The molecule has 0 aromatic heterocycles. The van der Waals surface area contributed by atoms with Crippen LogP contribution in [0.3, 0.4) is 0 Å². The molecule has 44 heavy (non-hydrogen) atoms. The van der Waals surface area contributed by atoms with E-state index in [1.807, 2.05) is 6.07 Å². The van der Waals surface area contributed by atoms with Crippen LogP contribution in [0.15, 0.2) is 91.5 Å². The molecule has 0 radical (unpaired) electrons. The molecule has 1 saturated heterocycles. The van der Waals surface area contributed by atoms with Gasteiger partial charge in [-0.25, -0.2) is 4.79 Å². The van der Waals surface area contributed by atoms with Gasteiger partial charge in [-0.3, -0.25) is 4.90 Å². The highest BCUT2D eigenvalue weighted by Gasteiger charge is 2.51. The van der Waals surface area contributed by atoms with Gasteiger partial charge in [-0.1, -0.05) is 66.7 Å². The van der Waals surface area contributed by atoms with Crippen LogP contribution in [0.1, 0.15) is 60.1 Å². The first-order valence-electron chi connectivity index (χ1n) is 13.9. The molecule has 1 amide bonds. The molecule has 3 aromatic carbocycles. The summed E-state index contributed by atoms with van der Waals surface area (Å²) in [6.07, 6.45) is -9.96. The van der Waals surface area contributed by atoms with Crippen molar-refractivity contribution in [1.82, 2.24) is 4.90 Å². The summed E-state index contributed by atoms with van der Waals surface area (Å²) in [5, 5.41) is 11.3. The maximum Gasteiger partial charge on any atom is 0.416 e. The smallest absolute Gasteiger partial charge is 0.416 e. The van der Waals surface area contributed by atoms with Crippen LogP contribution in [0.25, 0.3) is 0 Å². The van der Waals surface area contributed by atoms with E-state index in [0.717, 1.165) is 5.56 Å². The van der Waals surface area contributed by atoms with Crippen LogP contribution in [-0.2, 0) is 34.0 Å². The summed E-state index contributed by atoms with van der Waals surface area (Å²) >= 11 is 0. The van der Waals surface area contributed by atoms with E-state index < -0.39 is 46.8 Å². The summed E-state index contributed by atoms with van der Waals surface area (Å²) in [6.45, 7) is 4.50. The summed E-state index contributed by atoms with van der Waals surface area (Å²) in [5.41, 5.74) is -4.52. The zero-order chi connectivity index (χ0) is 32.2. The van der Waals surface area contributed by atoms with Gasteiger partial charge in [0.2, 0.25) is 0 Å². The van der Waals surface area contributed by atoms with Gasteiger partial charge in [0.1, 0.15) is 6.61 Å². The fraction of sp³-hybridized carbons (Fsp3) is 0.364. The van der Waals surface area contributed by atoms with E-state index in [1.54, 1.807) is 54.6 Å². The number of carbonyl (C=O) groups is 1. The Morgan fingerprint density at radius 3 is 2.07 bits per heavy atom. The zero-order valence-corrected chi connectivity index (χ0v) is 24.0. The minimum absolute atomic E-state index is 0.0632. The van der Waals surface area contributed by atoms with Gasteiger partial charge in [0, 0.05) is 0 Å². The van der Waals surface area contributed by atoms with Gasteiger partial charge in [0.05, 0.1) is 41.5 Å².